The maximum atomic E-state index is 12.7. The fourth-order valence-corrected chi connectivity index (χ4v) is 3.19. The van der Waals surface area contributed by atoms with Crippen LogP contribution in [0.1, 0.15) is 30.1 Å². The molecule has 0 aliphatic carbocycles. The SMILES string of the molecule is COc1cccc(NC(=O)N2CCC[C@@H]2C(=O)Nc2ccc(C(C)=O)cc2)c1. The molecule has 1 fully saturated rings. The number of benzene rings is 2. The Morgan fingerprint density at radius 3 is 2.46 bits per heavy atom. The minimum atomic E-state index is -0.543. The summed E-state index contributed by atoms with van der Waals surface area (Å²) in [6.45, 7) is 2.00. The second-order valence-corrected chi connectivity index (χ2v) is 6.64. The number of carbonyl (C=O) groups excluding carboxylic acids is 3. The molecule has 28 heavy (non-hydrogen) atoms. The summed E-state index contributed by atoms with van der Waals surface area (Å²) in [5.41, 5.74) is 1.78. The molecule has 2 N–H and O–H groups in total. The number of urea groups is 1. The van der Waals surface area contributed by atoms with Crippen LogP contribution in [0.5, 0.6) is 5.75 Å². The van der Waals surface area contributed by atoms with E-state index in [-0.39, 0.29) is 17.7 Å². The Balaban J connectivity index is 1.64. The van der Waals surface area contributed by atoms with Gasteiger partial charge >= 0.3 is 6.03 Å². The van der Waals surface area contributed by atoms with Crippen molar-refractivity contribution in [2.24, 2.45) is 0 Å². The molecule has 1 aliphatic heterocycles. The molecule has 7 nitrogen and oxygen atoms in total. The third-order valence-corrected chi connectivity index (χ3v) is 4.70. The van der Waals surface area contributed by atoms with E-state index in [4.69, 9.17) is 4.74 Å². The number of amides is 3. The van der Waals surface area contributed by atoms with Gasteiger partial charge in [-0.15, -0.1) is 0 Å². The standard InChI is InChI=1S/C21H23N3O4/c1-14(25)15-8-10-16(11-9-15)22-20(26)19-7-4-12-24(19)21(27)23-17-5-3-6-18(13-17)28-2/h3,5-6,8-11,13,19H,4,7,12H2,1-2H3,(H,22,26)(H,23,27)/t19-/m1/s1. The van der Waals surface area contributed by atoms with Gasteiger partial charge in [-0.1, -0.05) is 6.07 Å². The molecular formula is C21H23N3O4. The number of ketones is 1. The van der Waals surface area contributed by atoms with E-state index in [1.54, 1.807) is 60.5 Å². The van der Waals surface area contributed by atoms with E-state index in [0.717, 1.165) is 6.42 Å². The molecule has 0 saturated carbocycles. The fraction of sp³-hybridized carbons (Fsp3) is 0.286. The Kier molecular flexibility index (Phi) is 5.93. The highest BCUT2D eigenvalue weighted by atomic mass is 16.5. The number of anilines is 2. The van der Waals surface area contributed by atoms with Crippen LogP contribution < -0.4 is 15.4 Å². The van der Waals surface area contributed by atoms with Crippen LogP contribution in [0, 0.1) is 0 Å². The number of likely N-dealkylation sites (tertiary alicyclic amines) is 1. The lowest BCUT2D eigenvalue weighted by molar-refractivity contribution is -0.119. The first-order valence-electron chi connectivity index (χ1n) is 9.11. The second kappa shape index (κ2) is 8.56. The quantitative estimate of drug-likeness (QED) is 0.776. The van der Waals surface area contributed by atoms with Gasteiger partial charge in [0.2, 0.25) is 5.91 Å². The Bertz CT molecular complexity index is 879. The molecule has 1 saturated heterocycles. The number of ether oxygens (including phenoxy) is 1. The van der Waals surface area contributed by atoms with E-state index in [0.29, 0.717) is 35.7 Å². The highest BCUT2D eigenvalue weighted by molar-refractivity contribution is 6.00. The topological polar surface area (TPSA) is 87.7 Å². The van der Waals surface area contributed by atoms with E-state index >= 15 is 0 Å². The number of rotatable bonds is 5. The number of nitrogens with one attached hydrogen (secondary N) is 2. The Morgan fingerprint density at radius 1 is 1.04 bits per heavy atom. The molecule has 1 atom stereocenters. The number of hydrogen-bond donors (Lipinski definition) is 2. The number of carbonyl (C=O) groups is 3. The van der Waals surface area contributed by atoms with Crippen molar-refractivity contribution in [3.05, 3.63) is 54.1 Å². The average molecular weight is 381 g/mol. The first-order chi connectivity index (χ1) is 13.5. The predicted molar refractivity (Wildman–Crippen MR) is 107 cm³/mol. The first kappa shape index (κ1) is 19.4. The van der Waals surface area contributed by atoms with Crippen molar-refractivity contribution in [3.8, 4) is 5.75 Å². The summed E-state index contributed by atoms with van der Waals surface area (Å²) in [6, 6.07) is 12.9. The summed E-state index contributed by atoms with van der Waals surface area (Å²) in [5, 5.41) is 5.64. The first-order valence-corrected chi connectivity index (χ1v) is 9.11. The van der Waals surface area contributed by atoms with Gasteiger partial charge < -0.3 is 20.3 Å². The lowest BCUT2D eigenvalue weighted by atomic mass is 10.1. The molecule has 146 valence electrons. The second-order valence-electron chi connectivity index (χ2n) is 6.64. The van der Waals surface area contributed by atoms with Gasteiger partial charge in [0.05, 0.1) is 7.11 Å². The van der Waals surface area contributed by atoms with Gasteiger partial charge in [0.15, 0.2) is 5.78 Å². The summed E-state index contributed by atoms with van der Waals surface area (Å²) >= 11 is 0. The number of methoxy groups -OCH3 is 1. The minimum Gasteiger partial charge on any atom is -0.497 e. The fourth-order valence-electron chi connectivity index (χ4n) is 3.19. The monoisotopic (exact) mass is 381 g/mol. The largest absolute Gasteiger partial charge is 0.497 e. The lowest BCUT2D eigenvalue weighted by Crippen LogP contribution is -2.45. The number of nitrogens with zero attached hydrogens (tertiary/aromatic N) is 1. The molecule has 0 aromatic heterocycles. The Morgan fingerprint density at radius 2 is 1.79 bits per heavy atom. The lowest BCUT2D eigenvalue weighted by Gasteiger charge is -2.24. The van der Waals surface area contributed by atoms with E-state index in [1.165, 1.54) is 6.92 Å². The Labute approximate surface area is 163 Å². The van der Waals surface area contributed by atoms with Gasteiger partial charge in [-0.05, 0) is 56.2 Å². The smallest absolute Gasteiger partial charge is 0.322 e. The van der Waals surface area contributed by atoms with Gasteiger partial charge in [0.25, 0.3) is 0 Å². The van der Waals surface area contributed by atoms with Gasteiger partial charge in [-0.25, -0.2) is 4.79 Å². The molecule has 3 rings (SSSR count). The van der Waals surface area contributed by atoms with E-state index < -0.39 is 6.04 Å². The van der Waals surface area contributed by atoms with Gasteiger partial charge in [-0.2, -0.15) is 0 Å². The number of Topliss-reactive ketones (excluding diaryl/α,β-unsaturated/α-hetero) is 1. The van der Waals surface area contributed by atoms with Crippen LogP contribution in [0.4, 0.5) is 16.2 Å². The molecule has 2 aromatic carbocycles. The zero-order valence-corrected chi connectivity index (χ0v) is 15.9. The summed E-state index contributed by atoms with van der Waals surface area (Å²) in [5.74, 6) is 0.366. The van der Waals surface area contributed by atoms with Crippen LogP contribution in [-0.2, 0) is 4.79 Å². The molecule has 3 amide bonds. The molecule has 0 spiro atoms. The van der Waals surface area contributed by atoms with Gasteiger partial charge in [-0.3, -0.25) is 9.59 Å². The van der Waals surface area contributed by atoms with E-state index in [1.807, 2.05) is 0 Å². The van der Waals surface area contributed by atoms with Crippen LogP contribution in [0.15, 0.2) is 48.5 Å². The molecule has 0 radical (unpaired) electrons. The van der Waals surface area contributed by atoms with Crippen molar-refractivity contribution in [2.75, 3.05) is 24.3 Å². The zero-order chi connectivity index (χ0) is 20.1. The molecule has 2 aromatic rings. The van der Waals surface area contributed by atoms with Crippen molar-refractivity contribution in [1.82, 2.24) is 4.90 Å². The van der Waals surface area contributed by atoms with Crippen molar-refractivity contribution in [1.29, 1.82) is 0 Å². The average Bonchev–Trinajstić information content (AvgIpc) is 3.19. The normalized spacial score (nSPS) is 15.8. The third kappa shape index (κ3) is 4.49. The minimum absolute atomic E-state index is 0.0333. The van der Waals surface area contributed by atoms with Crippen molar-refractivity contribution >= 4 is 29.1 Å². The third-order valence-electron chi connectivity index (χ3n) is 4.70. The van der Waals surface area contributed by atoms with Crippen LogP contribution in [0.2, 0.25) is 0 Å². The summed E-state index contributed by atoms with van der Waals surface area (Å²) in [4.78, 5) is 38.2. The highest BCUT2D eigenvalue weighted by Gasteiger charge is 2.34. The maximum absolute atomic E-state index is 12.7. The molecule has 0 bridgehead atoms. The van der Waals surface area contributed by atoms with Crippen molar-refractivity contribution in [3.63, 3.8) is 0 Å². The molecule has 0 unspecified atom stereocenters. The Hall–Kier alpha value is -3.35. The molecule has 1 aliphatic rings. The highest BCUT2D eigenvalue weighted by Crippen LogP contribution is 2.22. The zero-order valence-electron chi connectivity index (χ0n) is 15.9. The van der Waals surface area contributed by atoms with Crippen molar-refractivity contribution < 1.29 is 19.1 Å². The summed E-state index contributed by atoms with van der Waals surface area (Å²) < 4.78 is 5.16. The summed E-state index contributed by atoms with van der Waals surface area (Å²) in [7, 11) is 1.56. The van der Waals surface area contributed by atoms with Crippen LogP contribution in [0.25, 0.3) is 0 Å². The van der Waals surface area contributed by atoms with Crippen molar-refractivity contribution in [2.45, 2.75) is 25.8 Å². The van der Waals surface area contributed by atoms with E-state index in [9.17, 15) is 14.4 Å². The summed E-state index contributed by atoms with van der Waals surface area (Å²) in [6.07, 6.45) is 1.36. The van der Waals surface area contributed by atoms with Crippen LogP contribution in [-0.4, -0.2) is 42.3 Å². The molecule has 7 heteroatoms. The predicted octanol–water partition coefficient (Wildman–Crippen LogP) is 3.53. The van der Waals surface area contributed by atoms with Crippen LogP contribution in [0.3, 0.4) is 0 Å². The van der Waals surface area contributed by atoms with E-state index in [2.05, 4.69) is 10.6 Å². The number of hydrogen-bond acceptors (Lipinski definition) is 4. The van der Waals surface area contributed by atoms with Crippen LogP contribution >= 0.6 is 0 Å². The van der Waals surface area contributed by atoms with Gasteiger partial charge in [0, 0.05) is 29.5 Å². The van der Waals surface area contributed by atoms with Gasteiger partial charge in [0.1, 0.15) is 11.8 Å². The molecular weight excluding hydrogens is 358 g/mol. The maximum Gasteiger partial charge on any atom is 0.322 e. The molecule has 1 heterocycles.